The van der Waals surface area contributed by atoms with Gasteiger partial charge in [-0.3, -0.25) is 9.78 Å². The largest absolute Gasteiger partial charge is 0.371 e. The molecular weight excluding hydrogens is 274 g/mol. The maximum Gasteiger partial charge on any atom is 0.267 e. The summed E-state index contributed by atoms with van der Waals surface area (Å²) in [5.74, 6) is -0.0369. The van der Waals surface area contributed by atoms with Gasteiger partial charge in [0.15, 0.2) is 0 Å². The quantitative estimate of drug-likeness (QED) is 0.947. The summed E-state index contributed by atoms with van der Waals surface area (Å²) in [6.45, 7) is 3.99. The van der Waals surface area contributed by atoms with Crippen molar-refractivity contribution in [2.75, 3.05) is 18.0 Å². The average molecular weight is 295 g/mol. The first-order valence-electron chi connectivity index (χ1n) is 7.72. The number of hydrogen-bond donors (Lipinski definition) is 1. The van der Waals surface area contributed by atoms with Gasteiger partial charge in [-0.1, -0.05) is 18.2 Å². The number of nitrogens with zero attached hydrogens (tertiary/aromatic N) is 2. The smallest absolute Gasteiger partial charge is 0.267 e. The number of aromatic nitrogens is 1. The maximum atomic E-state index is 11.5. The molecule has 1 atom stereocenters. The van der Waals surface area contributed by atoms with Gasteiger partial charge in [0.1, 0.15) is 5.69 Å². The maximum absolute atomic E-state index is 11.5. The Bertz CT molecular complexity index is 669. The van der Waals surface area contributed by atoms with Crippen molar-refractivity contribution in [1.29, 1.82) is 0 Å². The molecule has 0 radical (unpaired) electrons. The van der Waals surface area contributed by atoms with E-state index in [2.05, 4.69) is 34.1 Å². The van der Waals surface area contributed by atoms with Gasteiger partial charge in [-0.05, 0) is 49.1 Å². The number of anilines is 1. The van der Waals surface area contributed by atoms with Gasteiger partial charge in [0.05, 0.1) is 0 Å². The Balaban J connectivity index is 1.86. The highest BCUT2D eigenvalue weighted by atomic mass is 16.1. The number of hydrogen-bond acceptors (Lipinski definition) is 3. The zero-order valence-corrected chi connectivity index (χ0v) is 12.8. The number of nitrogens with two attached hydrogens (primary N) is 1. The summed E-state index contributed by atoms with van der Waals surface area (Å²) in [4.78, 5) is 18.0. The minimum Gasteiger partial charge on any atom is -0.371 e. The van der Waals surface area contributed by atoms with Gasteiger partial charge in [-0.25, -0.2) is 0 Å². The Kier molecular flexibility index (Phi) is 4.09. The number of primary amides is 1. The second kappa shape index (κ2) is 6.18. The van der Waals surface area contributed by atoms with E-state index in [1.165, 1.54) is 11.3 Å². The summed E-state index contributed by atoms with van der Waals surface area (Å²) >= 11 is 0. The number of rotatable bonds is 3. The number of para-hydroxylation sites is 1. The molecule has 2 N–H and O–H groups in total. The number of piperidine rings is 1. The van der Waals surface area contributed by atoms with Gasteiger partial charge in [0.25, 0.3) is 5.91 Å². The van der Waals surface area contributed by atoms with Gasteiger partial charge in [-0.15, -0.1) is 0 Å². The predicted octanol–water partition coefficient (Wildman–Crippen LogP) is 2.87. The monoisotopic (exact) mass is 295 g/mol. The summed E-state index contributed by atoms with van der Waals surface area (Å²) in [6, 6.07) is 12.5. The minimum atomic E-state index is -0.449. The lowest BCUT2D eigenvalue weighted by molar-refractivity contribution is 0.0995. The fourth-order valence-electron chi connectivity index (χ4n) is 3.35. The molecule has 3 rings (SSSR count). The molecule has 1 unspecified atom stereocenters. The molecule has 1 saturated heterocycles. The Morgan fingerprint density at radius 2 is 2.05 bits per heavy atom. The Morgan fingerprint density at radius 1 is 1.27 bits per heavy atom. The van der Waals surface area contributed by atoms with Crippen LogP contribution in [0.2, 0.25) is 0 Å². The molecule has 2 aromatic rings. The van der Waals surface area contributed by atoms with Crippen LogP contribution >= 0.6 is 0 Å². The predicted molar refractivity (Wildman–Crippen MR) is 88.1 cm³/mol. The third kappa shape index (κ3) is 2.82. The van der Waals surface area contributed by atoms with E-state index in [-0.39, 0.29) is 0 Å². The number of carbonyl (C=O) groups excluding carboxylic acids is 1. The van der Waals surface area contributed by atoms with Crippen molar-refractivity contribution in [3.8, 4) is 0 Å². The first-order valence-corrected chi connectivity index (χ1v) is 7.72. The van der Waals surface area contributed by atoms with Crippen LogP contribution in [0.1, 0.15) is 40.4 Å². The highest BCUT2D eigenvalue weighted by Gasteiger charge is 2.24. The minimum absolute atomic E-state index is 0.398. The van der Waals surface area contributed by atoms with Gasteiger partial charge >= 0.3 is 0 Å². The summed E-state index contributed by atoms with van der Waals surface area (Å²) in [6.07, 6.45) is 3.98. The average Bonchev–Trinajstić information content (AvgIpc) is 2.56. The van der Waals surface area contributed by atoms with Crippen LogP contribution in [0.4, 0.5) is 5.69 Å². The topological polar surface area (TPSA) is 59.2 Å². The van der Waals surface area contributed by atoms with E-state index in [1.807, 2.05) is 19.1 Å². The molecule has 1 amide bonds. The first-order chi connectivity index (χ1) is 10.7. The molecule has 2 heterocycles. The molecule has 1 aromatic carbocycles. The standard InChI is InChI=1S/C18H21N3O/c1-13-16(9-10-20-17(13)18(19)22)14-6-5-11-21(12-14)15-7-3-2-4-8-15/h2-4,7-10,14H,5-6,11-12H2,1H3,(H2,19,22). The van der Waals surface area contributed by atoms with Crippen LogP contribution in [0.15, 0.2) is 42.6 Å². The van der Waals surface area contributed by atoms with E-state index in [4.69, 9.17) is 5.73 Å². The number of amides is 1. The number of benzene rings is 1. The Labute approximate surface area is 131 Å². The van der Waals surface area contributed by atoms with Crippen molar-refractivity contribution in [1.82, 2.24) is 4.98 Å². The third-order valence-electron chi connectivity index (χ3n) is 4.46. The molecule has 0 spiro atoms. The summed E-state index contributed by atoms with van der Waals surface area (Å²) in [5, 5.41) is 0. The van der Waals surface area contributed by atoms with Crippen LogP contribution in [0, 0.1) is 6.92 Å². The highest BCUT2D eigenvalue weighted by molar-refractivity contribution is 5.92. The van der Waals surface area contributed by atoms with Crippen LogP contribution < -0.4 is 10.6 Å². The van der Waals surface area contributed by atoms with Crippen molar-refractivity contribution in [2.45, 2.75) is 25.7 Å². The fraction of sp³-hybridized carbons (Fsp3) is 0.333. The van der Waals surface area contributed by atoms with Crippen molar-refractivity contribution in [3.63, 3.8) is 0 Å². The molecule has 1 fully saturated rings. The van der Waals surface area contributed by atoms with Crippen LogP contribution in [0.25, 0.3) is 0 Å². The Hall–Kier alpha value is -2.36. The fourth-order valence-corrected chi connectivity index (χ4v) is 3.35. The van der Waals surface area contributed by atoms with Crippen molar-refractivity contribution in [2.24, 2.45) is 5.73 Å². The van der Waals surface area contributed by atoms with Crippen molar-refractivity contribution in [3.05, 3.63) is 59.4 Å². The van der Waals surface area contributed by atoms with E-state index < -0.39 is 5.91 Å². The molecule has 4 nitrogen and oxygen atoms in total. The van der Waals surface area contributed by atoms with Crippen LogP contribution in [-0.4, -0.2) is 24.0 Å². The van der Waals surface area contributed by atoms with E-state index in [1.54, 1.807) is 6.20 Å². The summed E-state index contributed by atoms with van der Waals surface area (Å²) < 4.78 is 0. The van der Waals surface area contributed by atoms with Crippen LogP contribution in [0.5, 0.6) is 0 Å². The number of carbonyl (C=O) groups is 1. The molecule has 1 aliphatic rings. The second-order valence-electron chi connectivity index (χ2n) is 5.86. The SMILES string of the molecule is Cc1c(C2CCCN(c3ccccc3)C2)ccnc1C(N)=O. The zero-order chi connectivity index (χ0) is 15.5. The summed E-state index contributed by atoms with van der Waals surface area (Å²) in [5.41, 5.74) is 9.20. The molecule has 1 aliphatic heterocycles. The lowest BCUT2D eigenvalue weighted by Crippen LogP contribution is -2.34. The van der Waals surface area contributed by atoms with Crippen molar-refractivity contribution >= 4 is 11.6 Å². The lowest BCUT2D eigenvalue weighted by atomic mass is 9.87. The molecular formula is C18H21N3O. The summed E-state index contributed by atoms with van der Waals surface area (Å²) in [7, 11) is 0. The van der Waals surface area contributed by atoms with E-state index in [0.717, 1.165) is 31.5 Å². The van der Waals surface area contributed by atoms with Gasteiger partial charge in [0, 0.05) is 30.9 Å². The van der Waals surface area contributed by atoms with Gasteiger partial charge in [-0.2, -0.15) is 0 Å². The zero-order valence-electron chi connectivity index (χ0n) is 12.8. The molecule has 0 aliphatic carbocycles. The molecule has 0 bridgehead atoms. The molecule has 1 aromatic heterocycles. The lowest BCUT2D eigenvalue weighted by Gasteiger charge is -2.35. The number of pyridine rings is 1. The van der Waals surface area contributed by atoms with E-state index in [0.29, 0.717) is 11.6 Å². The molecule has 114 valence electrons. The van der Waals surface area contributed by atoms with E-state index in [9.17, 15) is 4.79 Å². The van der Waals surface area contributed by atoms with Gasteiger partial charge in [0.2, 0.25) is 0 Å². The first kappa shape index (κ1) is 14.6. The normalized spacial score (nSPS) is 18.2. The van der Waals surface area contributed by atoms with Gasteiger partial charge < -0.3 is 10.6 Å². The van der Waals surface area contributed by atoms with Crippen molar-refractivity contribution < 1.29 is 4.79 Å². The third-order valence-corrected chi connectivity index (χ3v) is 4.46. The van der Waals surface area contributed by atoms with E-state index >= 15 is 0 Å². The highest BCUT2D eigenvalue weighted by Crippen LogP contribution is 2.31. The second-order valence-corrected chi connectivity index (χ2v) is 5.86. The van der Waals surface area contributed by atoms with Crippen LogP contribution in [0.3, 0.4) is 0 Å². The van der Waals surface area contributed by atoms with Crippen LogP contribution in [-0.2, 0) is 0 Å². The Morgan fingerprint density at radius 3 is 2.77 bits per heavy atom. The molecule has 22 heavy (non-hydrogen) atoms. The molecule has 0 saturated carbocycles. The molecule has 4 heteroatoms.